The molecule has 51 heavy (non-hydrogen) atoms. The minimum atomic E-state index is -1.23. The Morgan fingerprint density at radius 2 is 1.76 bits per heavy atom. The lowest BCUT2D eigenvalue weighted by Crippen LogP contribution is -2.48. The zero-order chi connectivity index (χ0) is 36.2. The van der Waals surface area contributed by atoms with Gasteiger partial charge >= 0.3 is 6.09 Å². The van der Waals surface area contributed by atoms with Crippen LogP contribution in [-0.2, 0) is 22.7 Å². The van der Waals surface area contributed by atoms with Gasteiger partial charge in [0.1, 0.15) is 35.8 Å². The third-order valence-electron chi connectivity index (χ3n) is 9.17. The van der Waals surface area contributed by atoms with Gasteiger partial charge in [-0.1, -0.05) is 31.8 Å². The predicted molar refractivity (Wildman–Crippen MR) is 204 cm³/mol. The Morgan fingerprint density at radius 1 is 0.980 bits per heavy atom. The van der Waals surface area contributed by atoms with Crippen LogP contribution in [0.3, 0.4) is 0 Å². The van der Waals surface area contributed by atoms with Crippen molar-refractivity contribution in [3.05, 3.63) is 66.2 Å². The maximum atomic E-state index is 13.3. The number of carbonyl (C=O) groups excluding carboxylic acids is 2. The highest BCUT2D eigenvalue weighted by atomic mass is 28.3. The molecule has 272 valence electrons. The second kappa shape index (κ2) is 15.5. The van der Waals surface area contributed by atoms with Crippen LogP contribution in [0, 0.1) is 0 Å². The van der Waals surface area contributed by atoms with Crippen molar-refractivity contribution in [2.45, 2.75) is 90.6 Å². The van der Waals surface area contributed by atoms with Crippen molar-refractivity contribution < 1.29 is 19.1 Å². The van der Waals surface area contributed by atoms with Gasteiger partial charge in [0.25, 0.3) is 5.91 Å². The van der Waals surface area contributed by atoms with Gasteiger partial charge in [0.2, 0.25) is 0 Å². The number of aromatic nitrogens is 4. The van der Waals surface area contributed by atoms with Crippen molar-refractivity contribution >= 4 is 42.6 Å². The summed E-state index contributed by atoms with van der Waals surface area (Å²) in [5.41, 5.74) is 4.33. The van der Waals surface area contributed by atoms with Crippen molar-refractivity contribution in [2.24, 2.45) is 0 Å². The molecule has 2 N–H and O–H groups in total. The fraction of sp³-hybridized carbons (Fsp3) is 0.500. The van der Waals surface area contributed by atoms with E-state index in [-0.39, 0.29) is 18.0 Å². The van der Waals surface area contributed by atoms with Gasteiger partial charge in [-0.15, -0.1) is 0 Å². The van der Waals surface area contributed by atoms with Crippen molar-refractivity contribution in [1.82, 2.24) is 29.7 Å². The largest absolute Gasteiger partial charge is 0.444 e. The van der Waals surface area contributed by atoms with E-state index in [2.05, 4.69) is 65.7 Å². The van der Waals surface area contributed by atoms with Crippen LogP contribution in [0.2, 0.25) is 25.7 Å². The van der Waals surface area contributed by atoms with E-state index in [0.29, 0.717) is 37.8 Å². The SMILES string of the molecule is CC(C)(C)OC(=O)N[C@@H]1CCCN(Cc2ccnc(C(=O)Nc3ccc(-c4cc5c(N6CCC6)ncnc5n4COCC[Si](C)(C)C)cc3)c2)C1. The van der Waals surface area contributed by atoms with Crippen LogP contribution < -0.4 is 15.5 Å². The molecule has 2 aliphatic heterocycles. The lowest BCUT2D eigenvalue weighted by molar-refractivity contribution is 0.0470. The summed E-state index contributed by atoms with van der Waals surface area (Å²) in [6.45, 7) is 18.0. The Hall–Kier alpha value is -4.33. The smallest absolute Gasteiger partial charge is 0.407 e. The lowest BCUT2D eigenvalue weighted by atomic mass is 10.0. The molecule has 5 heterocycles. The predicted octanol–water partition coefficient (Wildman–Crippen LogP) is 6.76. The van der Waals surface area contributed by atoms with Crippen molar-refractivity contribution in [3.63, 3.8) is 0 Å². The number of alkyl carbamates (subject to hydrolysis) is 1. The molecule has 0 radical (unpaired) electrons. The molecule has 2 aliphatic rings. The third kappa shape index (κ3) is 9.72. The Bertz CT molecular complexity index is 1830. The van der Waals surface area contributed by atoms with Crippen LogP contribution in [0.1, 0.15) is 56.1 Å². The molecule has 0 aliphatic carbocycles. The zero-order valence-corrected chi connectivity index (χ0v) is 31.9. The van der Waals surface area contributed by atoms with Crippen LogP contribution in [0.4, 0.5) is 16.3 Å². The number of amides is 2. The summed E-state index contributed by atoms with van der Waals surface area (Å²) >= 11 is 0. The molecule has 1 atom stereocenters. The van der Waals surface area contributed by atoms with E-state index in [1.165, 1.54) is 6.42 Å². The second-order valence-corrected chi connectivity index (χ2v) is 21.5. The molecule has 6 rings (SSSR count). The molecule has 3 aromatic heterocycles. The topological polar surface area (TPSA) is 127 Å². The first-order chi connectivity index (χ1) is 24.3. The lowest BCUT2D eigenvalue weighted by Gasteiger charge is -2.33. The van der Waals surface area contributed by atoms with Gasteiger partial charge in [-0.25, -0.2) is 14.8 Å². The van der Waals surface area contributed by atoms with E-state index in [1.54, 1.807) is 12.5 Å². The first kappa shape index (κ1) is 36.5. The number of carbonyl (C=O) groups is 2. The third-order valence-corrected chi connectivity index (χ3v) is 10.9. The number of hydrogen-bond acceptors (Lipinski definition) is 9. The first-order valence-electron chi connectivity index (χ1n) is 18.1. The van der Waals surface area contributed by atoms with E-state index in [1.807, 2.05) is 57.2 Å². The number of pyridine rings is 1. The van der Waals surface area contributed by atoms with Gasteiger partial charge in [0, 0.05) is 58.8 Å². The van der Waals surface area contributed by atoms with Crippen molar-refractivity contribution in [3.8, 4) is 11.3 Å². The van der Waals surface area contributed by atoms with Gasteiger partial charge < -0.3 is 29.6 Å². The monoisotopic (exact) mass is 712 g/mol. The number of hydrogen-bond donors (Lipinski definition) is 2. The number of likely N-dealkylation sites (tertiary alicyclic amines) is 1. The van der Waals surface area contributed by atoms with E-state index in [0.717, 1.165) is 72.2 Å². The number of nitrogens with zero attached hydrogens (tertiary/aromatic N) is 6. The van der Waals surface area contributed by atoms with Gasteiger partial charge in [-0.05, 0) is 94.1 Å². The van der Waals surface area contributed by atoms with Gasteiger partial charge in [-0.3, -0.25) is 14.7 Å². The van der Waals surface area contributed by atoms with E-state index < -0.39 is 13.7 Å². The maximum absolute atomic E-state index is 13.3. The first-order valence-corrected chi connectivity index (χ1v) is 21.8. The van der Waals surface area contributed by atoms with E-state index >= 15 is 0 Å². The van der Waals surface area contributed by atoms with Gasteiger partial charge in [0.15, 0.2) is 0 Å². The molecule has 1 aromatic carbocycles. The van der Waals surface area contributed by atoms with Crippen molar-refractivity contribution in [2.75, 3.05) is 43.0 Å². The van der Waals surface area contributed by atoms with Crippen LogP contribution in [0.25, 0.3) is 22.3 Å². The molecule has 2 saturated heterocycles. The summed E-state index contributed by atoms with van der Waals surface area (Å²) < 4.78 is 13.8. The van der Waals surface area contributed by atoms with Crippen LogP contribution >= 0.6 is 0 Å². The average Bonchev–Trinajstić information content (AvgIpc) is 3.41. The highest BCUT2D eigenvalue weighted by Gasteiger charge is 2.25. The number of ether oxygens (including phenoxy) is 2. The highest BCUT2D eigenvalue weighted by Crippen LogP contribution is 2.34. The fourth-order valence-corrected chi connectivity index (χ4v) is 7.16. The zero-order valence-electron chi connectivity index (χ0n) is 30.9. The van der Waals surface area contributed by atoms with E-state index in [4.69, 9.17) is 9.47 Å². The standard InChI is InChI=1S/C38H52N8O4Si/c1-38(2,3)50-37(48)43-30-9-7-16-44(24-30)23-27-14-15-39-32(21-27)36(47)42-29-12-10-28(11-13-29)33-22-31-34(45-17-8-18-45)40-25-41-35(31)46(33)26-49-19-20-51(4,5)6/h10-15,21-22,25,30H,7-9,16-20,23-24,26H2,1-6H3,(H,42,47)(H,43,48)/t30-/m1/s1. The number of piperidine rings is 1. The summed E-state index contributed by atoms with van der Waals surface area (Å²) in [5, 5.41) is 7.04. The second-order valence-electron chi connectivity index (χ2n) is 15.9. The Balaban J connectivity index is 1.12. The number of rotatable bonds is 12. The van der Waals surface area contributed by atoms with Crippen LogP contribution in [-0.4, -0.2) is 88.9 Å². The van der Waals surface area contributed by atoms with Gasteiger partial charge in [-0.2, -0.15) is 0 Å². The van der Waals surface area contributed by atoms with Crippen LogP contribution in [0.15, 0.2) is 55.0 Å². The molecule has 2 amide bonds. The number of fused-ring (bicyclic) bond motifs is 1. The molecule has 12 nitrogen and oxygen atoms in total. The summed E-state index contributed by atoms with van der Waals surface area (Å²) in [4.78, 5) is 43.9. The minimum absolute atomic E-state index is 0.0143. The summed E-state index contributed by atoms with van der Waals surface area (Å²) in [7, 11) is -1.23. The van der Waals surface area contributed by atoms with Gasteiger partial charge in [0.05, 0.1) is 11.1 Å². The van der Waals surface area contributed by atoms with Crippen LogP contribution in [0.5, 0.6) is 0 Å². The molecule has 0 bridgehead atoms. The molecule has 0 spiro atoms. The molecule has 0 unspecified atom stereocenters. The number of benzene rings is 1. The normalized spacial score (nSPS) is 16.9. The molecular formula is C38H52N8O4Si. The summed E-state index contributed by atoms with van der Waals surface area (Å²) in [6.07, 6.45) is 5.97. The maximum Gasteiger partial charge on any atom is 0.407 e. The Morgan fingerprint density at radius 3 is 2.47 bits per heavy atom. The molecular weight excluding hydrogens is 661 g/mol. The summed E-state index contributed by atoms with van der Waals surface area (Å²) in [6, 6.07) is 14.9. The average molecular weight is 713 g/mol. The fourth-order valence-electron chi connectivity index (χ4n) is 6.40. The van der Waals surface area contributed by atoms with Crippen molar-refractivity contribution in [1.29, 1.82) is 0 Å². The Kier molecular flexibility index (Phi) is 11.1. The number of nitrogens with one attached hydrogen (secondary N) is 2. The molecule has 4 aromatic rings. The minimum Gasteiger partial charge on any atom is -0.444 e. The molecule has 13 heteroatoms. The van der Waals surface area contributed by atoms with E-state index in [9.17, 15) is 9.59 Å². The quantitative estimate of drug-likeness (QED) is 0.121. The number of anilines is 2. The highest BCUT2D eigenvalue weighted by molar-refractivity contribution is 6.76. The summed E-state index contributed by atoms with van der Waals surface area (Å²) in [5.74, 6) is 0.691. The molecule has 2 fully saturated rings. The molecule has 0 saturated carbocycles. The Labute approximate surface area is 302 Å².